The third-order valence-corrected chi connectivity index (χ3v) is 3.61. The molecule has 0 aliphatic carbocycles. The van der Waals surface area contributed by atoms with Gasteiger partial charge in [0, 0.05) is 38.1 Å². The molecular weight excluding hydrogens is 296 g/mol. The Morgan fingerprint density at radius 1 is 1.39 bits per heavy atom. The van der Waals surface area contributed by atoms with E-state index in [2.05, 4.69) is 15.3 Å². The van der Waals surface area contributed by atoms with E-state index in [1.54, 1.807) is 19.5 Å². The highest BCUT2D eigenvalue weighted by Crippen LogP contribution is 2.20. The fraction of sp³-hybridized carbons (Fsp3) is 0.688. The maximum Gasteiger partial charge on any atom is 0.410 e. The zero-order valence-electron chi connectivity index (χ0n) is 14.3. The van der Waals surface area contributed by atoms with E-state index in [1.807, 2.05) is 25.7 Å². The van der Waals surface area contributed by atoms with Gasteiger partial charge < -0.3 is 19.7 Å². The Bertz CT molecular complexity index is 530. The highest BCUT2D eigenvalue weighted by atomic mass is 16.6. The topological polar surface area (TPSA) is 76.6 Å². The van der Waals surface area contributed by atoms with Gasteiger partial charge in [-0.05, 0) is 33.6 Å². The Labute approximate surface area is 137 Å². The van der Waals surface area contributed by atoms with E-state index >= 15 is 0 Å². The van der Waals surface area contributed by atoms with Gasteiger partial charge >= 0.3 is 6.09 Å². The molecule has 1 fully saturated rings. The number of ether oxygens (including phenoxy) is 2. The highest BCUT2D eigenvalue weighted by Gasteiger charge is 2.31. The van der Waals surface area contributed by atoms with Crippen molar-refractivity contribution >= 4 is 6.09 Å². The first-order valence-corrected chi connectivity index (χ1v) is 7.95. The van der Waals surface area contributed by atoms with E-state index in [4.69, 9.17) is 9.47 Å². The van der Waals surface area contributed by atoms with Crippen molar-refractivity contribution in [3.8, 4) is 5.88 Å². The van der Waals surface area contributed by atoms with Crippen LogP contribution in [0.5, 0.6) is 5.88 Å². The molecule has 0 spiro atoms. The number of hydrogen-bond donors (Lipinski definition) is 1. The molecule has 1 aliphatic heterocycles. The van der Waals surface area contributed by atoms with Crippen LogP contribution in [0.2, 0.25) is 0 Å². The van der Waals surface area contributed by atoms with Gasteiger partial charge in [-0.3, -0.25) is 4.98 Å². The van der Waals surface area contributed by atoms with Gasteiger partial charge in [-0.25, -0.2) is 9.78 Å². The molecule has 0 saturated carbocycles. The summed E-state index contributed by atoms with van der Waals surface area (Å²) in [4.78, 5) is 22.4. The number of amides is 1. The minimum atomic E-state index is -0.468. The predicted octanol–water partition coefficient (Wildman–Crippen LogP) is 1.97. The Morgan fingerprint density at radius 2 is 2.13 bits per heavy atom. The molecule has 128 valence electrons. The molecule has 0 radical (unpaired) electrons. The summed E-state index contributed by atoms with van der Waals surface area (Å²) in [5, 5.41) is 3.33. The SMILES string of the molecule is COc1nccnc1CNC[C@H]1CCCN1C(=O)OC(C)(C)C. The summed E-state index contributed by atoms with van der Waals surface area (Å²) in [6, 6.07) is 0.146. The summed E-state index contributed by atoms with van der Waals surface area (Å²) in [6.07, 6.45) is 4.98. The van der Waals surface area contributed by atoms with Crippen LogP contribution in [0.1, 0.15) is 39.3 Å². The molecule has 0 aromatic carbocycles. The van der Waals surface area contributed by atoms with Gasteiger partial charge in [-0.15, -0.1) is 0 Å². The van der Waals surface area contributed by atoms with E-state index in [9.17, 15) is 4.79 Å². The number of likely N-dealkylation sites (tertiary alicyclic amines) is 1. The first-order valence-electron chi connectivity index (χ1n) is 7.95. The average molecular weight is 322 g/mol. The summed E-state index contributed by atoms with van der Waals surface area (Å²) in [5.41, 5.74) is 0.293. The van der Waals surface area contributed by atoms with Gasteiger partial charge in [0.25, 0.3) is 0 Å². The Kier molecular flexibility index (Phi) is 5.76. The van der Waals surface area contributed by atoms with Gasteiger partial charge in [-0.2, -0.15) is 0 Å². The van der Waals surface area contributed by atoms with Crippen LogP contribution in [0.15, 0.2) is 12.4 Å². The molecule has 2 heterocycles. The van der Waals surface area contributed by atoms with Crippen molar-refractivity contribution in [2.45, 2.75) is 51.8 Å². The van der Waals surface area contributed by atoms with Gasteiger partial charge in [0.15, 0.2) is 0 Å². The Balaban J connectivity index is 1.86. The van der Waals surface area contributed by atoms with Crippen molar-refractivity contribution in [1.29, 1.82) is 0 Å². The van der Waals surface area contributed by atoms with Crippen molar-refractivity contribution in [3.63, 3.8) is 0 Å². The second-order valence-corrected chi connectivity index (χ2v) is 6.61. The van der Waals surface area contributed by atoms with Crippen molar-refractivity contribution in [2.24, 2.45) is 0 Å². The number of rotatable bonds is 5. The molecule has 1 aliphatic rings. The largest absolute Gasteiger partial charge is 0.480 e. The molecule has 0 unspecified atom stereocenters. The van der Waals surface area contributed by atoms with E-state index in [-0.39, 0.29) is 12.1 Å². The normalized spacial score (nSPS) is 18.1. The summed E-state index contributed by atoms with van der Waals surface area (Å²) >= 11 is 0. The predicted molar refractivity (Wildman–Crippen MR) is 86.3 cm³/mol. The van der Waals surface area contributed by atoms with Crippen LogP contribution in [0.4, 0.5) is 4.79 Å². The third-order valence-electron chi connectivity index (χ3n) is 3.61. The second-order valence-electron chi connectivity index (χ2n) is 6.61. The number of nitrogens with one attached hydrogen (secondary N) is 1. The van der Waals surface area contributed by atoms with Crippen LogP contribution in [0.25, 0.3) is 0 Å². The van der Waals surface area contributed by atoms with Crippen LogP contribution in [-0.4, -0.2) is 52.8 Å². The second kappa shape index (κ2) is 7.59. The lowest BCUT2D eigenvalue weighted by Gasteiger charge is -2.28. The molecule has 1 saturated heterocycles. The van der Waals surface area contributed by atoms with E-state index in [1.165, 1.54) is 0 Å². The number of nitrogens with zero attached hydrogens (tertiary/aromatic N) is 3. The molecule has 2 rings (SSSR count). The van der Waals surface area contributed by atoms with Crippen LogP contribution in [-0.2, 0) is 11.3 Å². The molecule has 0 bridgehead atoms. The number of methoxy groups -OCH3 is 1. The minimum absolute atomic E-state index is 0.146. The molecule has 1 aromatic heterocycles. The van der Waals surface area contributed by atoms with E-state index in [0.717, 1.165) is 25.1 Å². The number of hydrogen-bond acceptors (Lipinski definition) is 6. The smallest absolute Gasteiger partial charge is 0.410 e. The van der Waals surface area contributed by atoms with Crippen molar-refractivity contribution < 1.29 is 14.3 Å². The van der Waals surface area contributed by atoms with Crippen LogP contribution >= 0.6 is 0 Å². The maximum atomic E-state index is 12.2. The van der Waals surface area contributed by atoms with Gasteiger partial charge in [0.05, 0.1) is 7.11 Å². The first-order chi connectivity index (χ1) is 10.9. The monoisotopic (exact) mass is 322 g/mol. The fourth-order valence-corrected chi connectivity index (χ4v) is 2.61. The van der Waals surface area contributed by atoms with Gasteiger partial charge in [0.2, 0.25) is 5.88 Å². The molecular formula is C16H26N4O3. The summed E-state index contributed by atoms with van der Waals surface area (Å²) < 4.78 is 10.7. The van der Waals surface area contributed by atoms with Crippen LogP contribution < -0.4 is 10.1 Å². The molecule has 23 heavy (non-hydrogen) atoms. The maximum absolute atomic E-state index is 12.2. The molecule has 7 nitrogen and oxygen atoms in total. The third kappa shape index (κ3) is 5.06. The Hall–Kier alpha value is -1.89. The van der Waals surface area contributed by atoms with Gasteiger partial charge in [-0.1, -0.05) is 0 Å². The highest BCUT2D eigenvalue weighted by molar-refractivity contribution is 5.69. The molecule has 1 N–H and O–H groups in total. The Morgan fingerprint density at radius 3 is 2.83 bits per heavy atom. The lowest BCUT2D eigenvalue weighted by atomic mass is 10.2. The van der Waals surface area contributed by atoms with E-state index in [0.29, 0.717) is 19.0 Å². The van der Waals surface area contributed by atoms with Crippen molar-refractivity contribution in [2.75, 3.05) is 20.2 Å². The minimum Gasteiger partial charge on any atom is -0.480 e. The quantitative estimate of drug-likeness (QED) is 0.893. The zero-order chi connectivity index (χ0) is 16.9. The summed E-state index contributed by atoms with van der Waals surface area (Å²) in [7, 11) is 1.58. The average Bonchev–Trinajstić information content (AvgIpc) is 2.94. The summed E-state index contributed by atoms with van der Waals surface area (Å²) in [5.74, 6) is 0.524. The number of carbonyl (C=O) groups is 1. The van der Waals surface area contributed by atoms with Crippen molar-refractivity contribution in [3.05, 3.63) is 18.1 Å². The molecule has 1 aromatic rings. The van der Waals surface area contributed by atoms with Crippen LogP contribution in [0, 0.1) is 0 Å². The van der Waals surface area contributed by atoms with Gasteiger partial charge in [0.1, 0.15) is 11.3 Å². The number of carbonyl (C=O) groups excluding carboxylic acids is 1. The molecule has 7 heteroatoms. The lowest BCUT2D eigenvalue weighted by molar-refractivity contribution is 0.0226. The molecule has 1 atom stereocenters. The van der Waals surface area contributed by atoms with Crippen LogP contribution in [0.3, 0.4) is 0 Å². The van der Waals surface area contributed by atoms with E-state index < -0.39 is 5.60 Å². The number of aromatic nitrogens is 2. The fourth-order valence-electron chi connectivity index (χ4n) is 2.61. The first kappa shape index (κ1) is 17.5. The standard InChI is InChI=1S/C16H26N4O3/c1-16(2,3)23-15(21)20-9-5-6-12(20)10-17-11-13-14(22-4)19-8-7-18-13/h7-8,12,17H,5-6,9-11H2,1-4H3/t12-/m1/s1. The zero-order valence-corrected chi connectivity index (χ0v) is 14.3. The van der Waals surface area contributed by atoms with Crippen molar-refractivity contribution in [1.82, 2.24) is 20.2 Å². The lowest BCUT2D eigenvalue weighted by Crippen LogP contribution is -2.44. The summed E-state index contributed by atoms with van der Waals surface area (Å²) in [6.45, 7) is 7.64. The molecule has 1 amide bonds.